The molecule has 0 fully saturated rings. The third kappa shape index (κ3) is 1.79. The van der Waals surface area contributed by atoms with Crippen molar-refractivity contribution in [2.45, 2.75) is 0 Å². The molecule has 4 N–H and O–H groups in total. The molecular weight excluding hydrogens is 154 g/mol. The first-order valence-corrected chi connectivity index (χ1v) is 3.31. The highest BCUT2D eigenvalue weighted by molar-refractivity contribution is 5.94. The van der Waals surface area contributed by atoms with E-state index in [4.69, 9.17) is 16.6 Å². The van der Waals surface area contributed by atoms with Crippen LogP contribution >= 0.6 is 0 Å². The van der Waals surface area contributed by atoms with Gasteiger partial charge in [0.05, 0.1) is 0 Å². The van der Waals surface area contributed by atoms with Crippen molar-refractivity contribution in [3.8, 4) is 0 Å². The normalized spacial score (nSPS) is 10.3. The predicted octanol–water partition coefficient (Wildman–Crippen LogP) is 0.496. The second kappa shape index (κ2) is 3.47. The molecule has 0 amide bonds. The summed E-state index contributed by atoms with van der Waals surface area (Å²) in [5.74, 6) is 0.554. The van der Waals surface area contributed by atoms with Crippen LogP contribution in [0.15, 0.2) is 24.4 Å². The Kier molecular flexibility index (Phi) is 2.37. The Morgan fingerprint density at radius 2 is 2.42 bits per heavy atom. The molecule has 0 saturated heterocycles. The lowest BCUT2D eigenvalue weighted by Gasteiger charge is -1.94. The summed E-state index contributed by atoms with van der Waals surface area (Å²) in [6.07, 6.45) is 5.59. The van der Waals surface area contributed by atoms with Gasteiger partial charge in [-0.25, -0.2) is 4.68 Å². The van der Waals surface area contributed by atoms with Gasteiger partial charge in [0, 0.05) is 18.5 Å². The van der Waals surface area contributed by atoms with Crippen molar-refractivity contribution in [3.05, 3.63) is 24.4 Å². The van der Waals surface area contributed by atoms with Gasteiger partial charge in [0.2, 0.25) is 0 Å². The van der Waals surface area contributed by atoms with Gasteiger partial charge in [0.1, 0.15) is 11.7 Å². The van der Waals surface area contributed by atoms with Crippen LogP contribution in [0, 0.1) is 10.8 Å². The van der Waals surface area contributed by atoms with E-state index in [1.165, 1.54) is 16.8 Å². The molecule has 62 valence electrons. The average molecular weight is 163 g/mol. The fourth-order valence-corrected chi connectivity index (χ4v) is 0.688. The van der Waals surface area contributed by atoms with Crippen LogP contribution in [-0.4, -0.2) is 21.8 Å². The van der Waals surface area contributed by atoms with Crippen LogP contribution in [0.1, 0.15) is 0 Å². The summed E-state index contributed by atoms with van der Waals surface area (Å²) in [6, 6.07) is 1.60. The van der Waals surface area contributed by atoms with Gasteiger partial charge in [-0.2, -0.15) is 0 Å². The second-order valence-electron chi connectivity index (χ2n) is 2.10. The van der Waals surface area contributed by atoms with E-state index in [0.29, 0.717) is 5.82 Å². The van der Waals surface area contributed by atoms with Gasteiger partial charge in [-0.15, -0.1) is 5.10 Å². The van der Waals surface area contributed by atoms with Crippen molar-refractivity contribution < 1.29 is 0 Å². The molecule has 0 bridgehead atoms. The minimum absolute atomic E-state index is 0.176. The Bertz CT molecular complexity index is 322. The lowest BCUT2D eigenvalue weighted by Crippen LogP contribution is -2.08. The standard InChI is InChI=1S/C7H9N5/c8-4-1-2-7(10)12-5-3-6(9)11-12/h1-5,8,10H,(H2,9,11)/b2-1-,8-4?,10-7?. The minimum Gasteiger partial charge on any atom is -0.382 e. The first-order valence-electron chi connectivity index (χ1n) is 3.31. The molecule has 0 unspecified atom stereocenters. The van der Waals surface area contributed by atoms with Gasteiger partial charge < -0.3 is 11.1 Å². The van der Waals surface area contributed by atoms with Crippen LogP contribution in [0.3, 0.4) is 0 Å². The van der Waals surface area contributed by atoms with E-state index in [1.807, 2.05) is 0 Å². The Morgan fingerprint density at radius 1 is 1.67 bits per heavy atom. The van der Waals surface area contributed by atoms with E-state index in [1.54, 1.807) is 12.3 Å². The summed E-state index contributed by atoms with van der Waals surface area (Å²) in [7, 11) is 0. The largest absolute Gasteiger partial charge is 0.382 e. The van der Waals surface area contributed by atoms with Gasteiger partial charge >= 0.3 is 0 Å². The maximum absolute atomic E-state index is 7.40. The molecule has 1 aromatic rings. The number of nitrogens with two attached hydrogens (primary N) is 1. The fourth-order valence-electron chi connectivity index (χ4n) is 0.688. The Labute approximate surface area is 69.5 Å². The van der Waals surface area contributed by atoms with Gasteiger partial charge in [-0.1, -0.05) is 0 Å². The SMILES string of the molecule is N=C/C=C\C(=N)n1ccc(N)n1. The van der Waals surface area contributed by atoms with Gasteiger partial charge in [0.25, 0.3) is 0 Å². The van der Waals surface area contributed by atoms with Crippen LogP contribution in [0.5, 0.6) is 0 Å². The number of rotatable bonds is 2. The second-order valence-corrected chi connectivity index (χ2v) is 2.10. The molecular formula is C7H9N5. The Morgan fingerprint density at radius 3 is 2.92 bits per heavy atom. The fraction of sp³-hybridized carbons (Fsp3) is 0. The zero-order valence-corrected chi connectivity index (χ0v) is 6.36. The summed E-state index contributed by atoms with van der Waals surface area (Å²) in [5, 5.41) is 17.9. The number of anilines is 1. The Balaban J connectivity index is 2.78. The third-order valence-electron chi connectivity index (χ3n) is 1.21. The molecule has 0 aliphatic heterocycles. The number of hydrogen-bond donors (Lipinski definition) is 3. The van der Waals surface area contributed by atoms with Crippen molar-refractivity contribution in [2.75, 3.05) is 5.73 Å². The van der Waals surface area contributed by atoms with E-state index in [9.17, 15) is 0 Å². The van der Waals surface area contributed by atoms with Gasteiger partial charge in [-0.05, 0) is 12.2 Å². The van der Waals surface area contributed by atoms with E-state index < -0.39 is 0 Å². The van der Waals surface area contributed by atoms with Crippen LogP contribution in [0.25, 0.3) is 0 Å². The molecule has 0 aromatic carbocycles. The van der Waals surface area contributed by atoms with Crippen molar-refractivity contribution in [1.29, 1.82) is 10.8 Å². The molecule has 1 rings (SSSR count). The molecule has 0 spiro atoms. The molecule has 0 saturated carbocycles. The molecule has 1 heterocycles. The monoisotopic (exact) mass is 163 g/mol. The van der Waals surface area contributed by atoms with Crippen LogP contribution in [-0.2, 0) is 0 Å². The number of hydrogen-bond acceptors (Lipinski definition) is 4. The van der Waals surface area contributed by atoms with E-state index >= 15 is 0 Å². The van der Waals surface area contributed by atoms with Gasteiger partial charge in [-0.3, -0.25) is 5.41 Å². The predicted molar refractivity (Wildman–Crippen MR) is 47.7 cm³/mol. The lowest BCUT2D eigenvalue weighted by molar-refractivity contribution is 0.936. The quantitative estimate of drug-likeness (QED) is 0.437. The maximum Gasteiger partial charge on any atom is 0.146 e. The Hall–Kier alpha value is -1.91. The summed E-state index contributed by atoms with van der Waals surface area (Å²) >= 11 is 0. The first kappa shape index (κ1) is 8.19. The average Bonchev–Trinajstić information content (AvgIpc) is 2.47. The first-order chi connectivity index (χ1) is 5.74. The number of aromatic nitrogens is 2. The number of allylic oxidation sites excluding steroid dienone is 2. The molecule has 12 heavy (non-hydrogen) atoms. The minimum atomic E-state index is 0.176. The molecule has 0 aliphatic rings. The lowest BCUT2D eigenvalue weighted by atomic mass is 10.5. The van der Waals surface area contributed by atoms with Gasteiger partial charge in [0.15, 0.2) is 0 Å². The smallest absolute Gasteiger partial charge is 0.146 e. The summed E-state index contributed by atoms with van der Waals surface area (Å²) in [5.41, 5.74) is 5.35. The van der Waals surface area contributed by atoms with Crippen molar-refractivity contribution >= 4 is 17.9 Å². The molecule has 5 heteroatoms. The van der Waals surface area contributed by atoms with Crippen LogP contribution < -0.4 is 5.73 Å². The molecule has 0 radical (unpaired) electrons. The summed E-state index contributed by atoms with van der Waals surface area (Å²) in [6.45, 7) is 0. The number of nitrogens with zero attached hydrogens (tertiary/aromatic N) is 2. The zero-order valence-electron chi connectivity index (χ0n) is 6.36. The zero-order chi connectivity index (χ0) is 8.97. The maximum atomic E-state index is 7.40. The van der Waals surface area contributed by atoms with Crippen LogP contribution in [0.2, 0.25) is 0 Å². The number of nitrogens with one attached hydrogen (secondary N) is 2. The highest BCUT2D eigenvalue weighted by Crippen LogP contribution is 1.95. The highest BCUT2D eigenvalue weighted by atomic mass is 15.3. The van der Waals surface area contributed by atoms with E-state index in [-0.39, 0.29) is 5.84 Å². The topological polar surface area (TPSA) is 91.5 Å². The highest BCUT2D eigenvalue weighted by Gasteiger charge is 1.95. The van der Waals surface area contributed by atoms with Crippen molar-refractivity contribution in [3.63, 3.8) is 0 Å². The molecule has 0 aliphatic carbocycles. The molecule has 1 aromatic heterocycles. The third-order valence-corrected chi connectivity index (χ3v) is 1.21. The molecule has 5 nitrogen and oxygen atoms in total. The molecule has 0 atom stereocenters. The van der Waals surface area contributed by atoms with E-state index in [0.717, 1.165) is 6.21 Å². The van der Waals surface area contributed by atoms with E-state index in [2.05, 4.69) is 5.10 Å². The van der Waals surface area contributed by atoms with Crippen molar-refractivity contribution in [2.24, 2.45) is 0 Å². The van der Waals surface area contributed by atoms with Crippen LogP contribution in [0.4, 0.5) is 5.82 Å². The summed E-state index contributed by atoms with van der Waals surface area (Å²) < 4.78 is 1.33. The number of nitrogen functional groups attached to an aromatic ring is 1. The summed E-state index contributed by atoms with van der Waals surface area (Å²) in [4.78, 5) is 0. The van der Waals surface area contributed by atoms with Crippen molar-refractivity contribution in [1.82, 2.24) is 9.78 Å².